The van der Waals surface area contributed by atoms with Gasteiger partial charge >= 0.3 is 0 Å². The third kappa shape index (κ3) is 3.15. The summed E-state index contributed by atoms with van der Waals surface area (Å²) >= 11 is 11.5. The SMILES string of the molecule is Fc1ccc(OCc2ccccc2CCl)cc1Cl. The van der Waals surface area contributed by atoms with Crippen molar-refractivity contribution in [3.63, 3.8) is 0 Å². The van der Waals surface area contributed by atoms with Crippen LogP contribution < -0.4 is 4.74 Å². The Kier molecular flexibility index (Phi) is 4.45. The molecule has 0 saturated heterocycles. The van der Waals surface area contributed by atoms with Gasteiger partial charge in [-0.3, -0.25) is 0 Å². The highest BCUT2D eigenvalue weighted by Crippen LogP contribution is 2.22. The monoisotopic (exact) mass is 284 g/mol. The van der Waals surface area contributed by atoms with Crippen LogP contribution in [0.25, 0.3) is 0 Å². The Hall–Kier alpha value is -1.25. The van der Waals surface area contributed by atoms with Gasteiger partial charge in [-0.2, -0.15) is 0 Å². The summed E-state index contributed by atoms with van der Waals surface area (Å²) in [5.41, 5.74) is 2.03. The molecule has 0 spiro atoms. The second-order valence-corrected chi connectivity index (χ2v) is 4.44. The van der Waals surface area contributed by atoms with Crippen LogP contribution in [0.5, 0.6) is 5.75 Å². The molecule has 0 fully saturated rings. The lowest BCUT2D eigenvalue weighted by molar-refractivity contribution is 0.305. The zero-order valence-electron chi connectivity index (χ0n) is 9.50. The Morgan fingerprint density at radius 1 is 1.06 bits per heavy atom. The van der Waals surface area contributed by atoms with Crippen molar-refractivity contribution in [1.29, 1.82) is 0 Å². The Bertz CT molecular complexity index is 543. The molecular weight excluding hydrogens is 274 g/mol. The van der Waals surface area contributed by atoms with Crippen molar-refractivity contribution in [3.05, 3.63) is 64.4 Å². The fourth-order valence-electron chi connectivity index (χ4n) is 1.56. The summed E-state index contributed by atoms with van der Waals surface area (Å²) in [5, 5.41) is 0.0538. The molecule has 0 aromatic heterocycles. The minimum absolute atomic E-state index is 0.0538. The molecule has 0 radical (unpaired) electrons. The fourth-order valence-corrected chi connectivity index (χ4v) is 1.99. The second-order valence-electron chi connectivity index (χ2n) is 3.77. The van der Waals surface area contributed by atoms with E-state index < -0.39 is 5.82 Å². The van der Waals surface area contributed by atoms with Crippen molar-refractivity contribution in [3.8, 4) is 5.75 Å². The molecule has 0 heterocycles. The molecule has 4 heteroatoms. The first-order chi connectivity index (χ1) is 8.70. The predicted octanol–water partition coefficient (Wildman–Crippen LogP) is 4.80. The summed E-state index contributed by atoms with van der Waals surface area (Å²) in [7, 11) is 0. The summed E-state index contributed by atoms with van der Waals surface area (Å²) < 4.78 is 18.5. The Labute approximate surface area is 115 Å². The maximum atomic E-state index is 13.0. The molecule has 2 aromatic carbocycles. The molecule has 2 aromatic rings. The molecule has 0 N–H and O–H groups in total. The van der Waals surface area contributed by atoms with Crippen molar-refractivity contribution in [2.75, 3.05) is 0 Å². The van der Waals surface area contributed by atoms with Crippen LogP contribution in [-0.2, 0) is 12.5 Å². The highest BCUT2D eigenvalue weighted by atomic mass is 35.5. The van der Waals surface area contributed by atoms with Gasteiger partial charge in [-0.05, 0) is 23.3 Å². The van der Waals surface area contributed by atoms with E-state index in [0.717, 1.165) is 11.1 Å². The molecule has 0 aliphatic carbocycles. The lowest BCUT2D eigenvalue weighted by atomic mass is 10.1. The van der Waals surface area contributed by atoms with Crippen LogP contribution in [-0.4, -0.2) is 0 Å². The minimum atomic E-state index is -0.454. The molecule has 2 rings (SSSR count). The van der Waals surface area contributed by atoms with Crippen LogP contribution in [0, 0.1) is 5.82 Å². The highest BCUT2D eigenvalue weighted by Gasteiger charge is 2.04. The lowest BCUT2D eigenvalue weighted by Gasteiger charge is -2.09. The van der Waals surface area contributed by atoms with Gasteiger partial charge in [0.2, 0.25) is 0 Å². The molecule has 0 saturated carbocycles. The van der Waals surface area contributed by atoms with Gasteiger partial charge < -0.3 is 4.74 Å². The first-order valence-corrected chi connectivity index (χ1v) is 6.32. The van der Waals surface area contributed by atoms with E-state index in [-0.39, 0.29) is 5.02 Å². The van der Waals surface area contributed by atoms with E-state index in [1.807, 2.05) is 24.3 Å². The second kappa shape index (κ2) is 6.07. The highest BCUT2D eigenvalue weighted by molar-refractivity contribution is 6.30. The largest absolute Gasteiger partial charge is 0.489 e. The number of hydrogen-bond donors (Lipinski definition) is 0. The van der Waals surface area contributed by atoms with Crippen molar-refractivity contribution in [1.82, 2.24) is 0 Å². The molecule has 0 unspecified atom stereocenters. The Morgan fingerprint density at radius 2 is 1.78 bits per heavy atom. The van der Waals surface area contributed by atoms with Crippen molar-refractivity contribution in [2.45, 2.75) is 12.5 Å². The maximum Gasteiger partial charge on any atom is 0.142 e. The summed E-state index contributed by atoms with van der Waals surface area (Å²) in [4.78, 5) is 0. The predicted molar refractivity (Wildman–Crippen MR) is 71.7 cm³/mol. The van der Waals surface area contributed by atoms with Crippen LogP contribution in [0.2, 0.25) is 5.02 Å². The van der Waals surface area contributed by atoms with E-state index in [9.17, 15) is 4.39 Å². The van der Waals surface area contributed by atoms with Crippen LogP contribution in [0.4, 0.5) is 4.39 Å². The lowest BCUT2D eigenvalue weighted by Crippen LogP contribution is -1.99. The molecule has 0 atom stereocenters. The molecule has 18 heavy (non-hydrogen) atoms. The zero-order valence-corrected chi connectivity index (χ0v) is 11.0. The molecule has 94 valence electrons. The standard InChI is InChI=1S/C14H11Cl2FO/c15-8-10-3-1-2-4-11(10)9-18-12-5-6-14(17)13(16)7-12/h1-7H,8-9H2. The smallest absolute Gasteiger partial charge is 0.142 e. The van der Waals surface area contributed by atoms with E-state index in [2.05, 4.69) is 0 Å². The van der Waals surface area contributed by atoms with Gasteiger partial charge in [0, 0.05) is 11.9 Å². The van der Waals surface area contributed by atoms with Crippen LogP contribution in [0.15, 0.2) is 42.5 Å². The van der Waals surface area contributed by atoms with Gasteiger partial charge in [-0.25, -0.2) is 4.39 Å². The number of hydrogen-bond acceptors (Lipinski definition) is 1. The van der Waals surface area contributed by atoms with Crippen molar-refractivity contribution >= 4 is 23.2 Å². The number of rotatable bonds is 4. The fraction of sp³-hybridized carbons (Fsp3) is 0.143. The van der Waals surface area contributed by atoms with E-state index in [1.54, 1.807) is 6.07 Å². The van der Waals surface area contributed by atoms with Gasteiger partial charge in [0.25, 0.3) is 0 Å². The topological polar surface area (TPSA) is 9.23 Å². The summed E-state index contributed by atoms with van der Waals surface area (Å²) in [6.45, 7) is 0.380. The van der Waals surface area contributed by atoms with E-state index in [0.29, 0.717) is 18.2 Å². The van der Waals surface area contributed by atoms with Crippen LogP contribution in [0.1, 0.15) is 11.1 Å². The van der Waals surface area contributed by atoms with Gasteiger partial charge in [-0.1, -0.05) is 35.9 Å². The van der Waals surface area contributed by atoms with E-state index in [4.69, 9.17) is 27.9 Å². The van der Waals surface area contributed by atoms with Gasteiger partial charge in [0.15, 0.2) is 0 Å². The first-order valence-electron chi connectivity index (χ1n) is 5.41. The average molecular weight is 285 g/mol. The summed E-state index contributed by atoms with van der Waals surface area (Å²) in [6.07, 6.45) is 0. The van der Waals surface area contributed by atoms with Crippen LogP contribution >= 0.6 is 23.2 Å². The minimum Gasteiger partial charge on any atom is -0.489 e. The number of ether oxygens (including phenoxy) is 1. The Morgan fingerprint density at radius 3 is 2.44 bits per heavy atom. The molecule has 1 nitrogen and oxygen atoms in total. The van der Waals surface area contributed by atoms with Crippen molar-refractivity contribution < 1.29 is 9.13 Å². The molecular formula is C14H11Cl2FO. The van der Waals surface area contributed by atoms with Gasteiger partial charge in [-0.15, -0.1) is 11.6 Å². The summed E-state index contributed by atoms with van der Waals surface area (Å²) in [5.74, 6) is 0.514. The van der Waals surface area contributed by atoms with E-state index >= 15 is 0 Å². The quantitative estimate of drug-likeness (QED) is 0.733. The number of halogens is 3. The number of benzene rings is 2. The summed E-state index contributed by atoms with van der Waals surface area (Å²) in [6, 6.07) is 12.0. The van der Waals surface area contributed by atoms with Crippen molar-refractivity contribution in [2.24, 2.45) is 0 Å². The Balaban J connectivity index is 2.09. The van der Waals surface area contributed by atoms with E-state index in [1.165, 1.54) is 12.1 Å². The van der Waals surface area contributed by atoms with Crippen LogP contribution in [0.3, 0.4) is 0 Å². The third-order valence-corrected chi connectivity index (χ3v) is 3.13. The average Bonchev–Trinajstić information content (AvgIpc) is 2.40. The zero-order chi connectivity index (χ0) is 13.0. The molecule has 0 aliphatic rings. The number of alkyl halides is 1. The molecule has 0 bridgehead atoms. The molecule has 0 aliphatic heterocycles. The van der Waals surface area contributed by atoms with Gasteiger partial charge in [0.1, 0.15) is 18.2 Å². The first kappa shape index (κ1) is 13.2. The third-order valence-electron chi connectivity index (χ3n) is 2.55. The molecule has 0 amide bonds. The normalized spacial score (nSPS) is 10.4. The maximum absolute atomic E-state index is 13.0. The van der Waals surface area contributed by atoms with Gasteiger partial charge in [0.05, 0.1) is 5.02 Å².